The summed E-state index contributed by atoms with van der Waals surface area (Å²) in [5, 5.41) is 0. The normalized spacial score (nSPS) is 26.8. The Bertz CT molecular complexity index is 785. The highest BCUT2D eigenvalue weighted by Gasteiger charge is 2.51. The molecule has 28 heavy (non-hydrogen) atoms. The molecule has 1 aromatic carbocycles. The van der Waals surface area contributed by atoms with Crippen LogP contribution in [0.15, 0.2) is 35.6 Å². The van der Waals surface area contributed by atoms with Gasteiger partial charge in [-0.15, -0.1) is 0 Å². The highest BCUT2D eigenvalue weighted by Crippen LogP contribution is 2.46. The van der Waals surface area contributed by atoms with Crippen molar-refractivity contribution in [2.24, 2.45) is 5.92 Å². The van der Waals surface area contributed by atoms with Gasteiger partial charge in [0.1, 0.15) is 11.9 Å². The van der Waals surface area contributed by atoms with Gasteiger partial charge in [-0.25, -0.2) is 0 Å². The number of hydrogen-bond acceptors (Lipinski definition) is 5. The van der Waals surface area contributed by atoms with Crippen LogP contribution in [0.1, 0.15) is 43.7 Å². The van der Waals surface area contributed by atoms with Gasteiger partial charge in [0, 0.05) is 20.3 Å². The van der Waals surface area contributed by atoms with Crippen molar-refractivity contribution in [1.82, 2.24) is 4.90 Å². The van der Waals surface area contributed by atoms with Gasteiger partial charge in [-0.1, -0.05) is 18.6 Å². The Morgan fingerprint density at radius 2 is 1.86 bits per heavy atom. The minimum atomic E-state index is -0.402. The van der Waals surface area contributed by atoms with Crippen molar-refractivity contribution in [2.75, 3.05) is 27.4 Å². The van der Waals surface area contributed by atoms with Gasteiger partial charge in [-0.3, -0.25) is 9.59 Å². The van der Waals surface area contributed by atoms with E-state index in [1.165, 1.54) is 0 Å². The molecule has 2 heterocycles. The standard InChI is InChI=1S/C22H27NO5/c1-26-13-5-12-23-19(14-8-10-15(27-2)11-9-14)18-20(24)16-6-3-4-7-17(16)28-21(18)22(23)25/h8-11,16-17,19H,3-7,12-13H2,1-2H3. The molecule has 150 valence electrons. The molecule has 0 bridgehead atoms. The minimum Gasteiger partial charge on any atom is -0.497 e. The summed E-state index contributed by atoms with van der Waals surface area (Å²) < 4.78 is 16.6. The summed E-state index contributed by atoms with van der Waals surface area (Å²) in [7, 11) is 3.26. The molecule has 1 fully saturated rings. The van der Waals surface area contributed by atoms with E-state index in [0.717, 1.165) is 37.0 Å². The summed E-state index contributed by atoms with van der Waals surface area (Å²) in [5.41, 5.74) is 1.44. The smallest absolute Gasteiger partial charge is 0.290 e. The molecule has 2 aliphatic heterocycles. The minimum absolute atomic E-state index is 0.0920. The van der Waals surface area contributed by atoms with Crippen LogP contribution in [-0.4, -0.2) is 50.1 Å². The molecule has 6 heteroatoms. The van der Waals surface area contributed by atoms with E-state index < -0.39 is 6.04 Å². The monoisotopic (exact) mass is 385 g/mol. The molecular formula is C22H27NO5. The van der Waals surface area contributed by atoms with Crippen molar-refractivity contribution < 1.29 is 23.8 Å². The SMILES string of the molecule is COCCCN1C(=O)C2=C(C(=O)C3CCCCC3O2)C1c1ccc(OC)cc1. The van der Waals surface area contributed by atoms with Crippen LogP contribution in [0.4, 0.5) is 0 Å². The van der Waals surface area contributed by atoms with Gasteiger partial charge in [-0.2, -0.15) is 0 Å². The lowest BCUT2D eigenvalue weighted by molar-refractivity contribution is -0.135. The number of amides is 1. The van der Waals surface area contributed by atoms with E-state index in [0.29, 0.717) is 25.1 Å². The second-order valence-corrected chi connectivity index (χ2v) is 7.67. The maximum absolute atomic E-state index is 13.4. The van der Waals surface area contributed by atoms with Crippen LogP contribution in [0, 0.1) is 5.92 Å². The number of fused-ring (bicyclic) bond motifs is 1. The van der Waals surface area contributed by atoms with E-state index >= 15 is 0 Å². The Morgan fingerprint density at radius 1 is 1.11 bits per heavy atom. The summed E-state index contributed by atoms with van der Waals surface area (Å²) in [6, 6.07) is 7.18. The molecule has 3 aliphatic rings. The van der Waals surface area contributed by atoms with E-state index in [9.17, 15) is 9.59 Å². The van der Waals surface area contributed by atoms with E-state index in [1.54, 1.807) is 19.1 Å². The molecule has 3 atom stereocenters. The van der Waals surface area contributed by atoms with Crippen LogP contribution >= 0.6 is 0 Å². The Labute approximate surface area is 165 Å². The van der Waals surface area contributed by atoms with Gasteiger partial charge < -0.3 is 19.1 Å². The number of carbonyl (C=O) groups excluding carboxylic acids is 2. The van der Waals surface area contributed by atoms with Crippen LogP contribution in [0.25, 0.3) is 0 Å². The number of Topliss-reactive ketones (excluding diaryl/α,β-unsaturated/α-hetero) is 1. The van der Waals surface area contributed by atoms with Crippen molar-refractivity contribution in [3.05, 3.63) is 41.2 Å². The van der Waals surface area contributed by atoms with Gasteiger partial charge in [-0.05, 0) is 43.4 Å². The molecule has 4 rings (SSSR count). The Hall–Kier alpha value is -2.34. The third-order valence-corrected chi connectivity index (χ3v) is 6.04. The first-order valence-corrected chi connectivity index (χ1v) is 10.0. The number of ether oxygens (including phenoxy) is 3. The zero-order valence-electron chi connectivity index (χ0n) is 16.5. The first-order valence-electron chi connectivity index (χ1n) is 10.0. The van der Waals surface area contributed by atoms with Gasteiger partial charge in [0.2, 0.25) is 0 Å². The summed E-state index contributed by atoms with van der Waals surface area (Å²) in [5.74, 6) is 0.803. The molecule has 0 spiro atoms. The maximum atomic E-state index is 13.4. The molecular weight excluding hydrogens is 358 g/mol. The zero-order valence-corrected chi connectivity index (χ0v) is 16.5. The molecule has 0 aromatic heterocycles. The van der Waals surface area contributed by atoms with E-state index in [1.807, 2.05) is 24.3 Å². The third kappa shape index (κ3) is 3.20. The average Bonchev–Trinajstić information content (AvgIpc) is 3.01. The highest BCUT2D eigenvalue weighted by molar-refractivity contribution is 6.11. The average molecular weight is 385 g/mol. The van der Waals surface area contributed by atoms with Crippen LogP contribution in [0.2, 0.25) is 0 Å². The molecule has 6 nitrogen and oxygen atoms in total. The summed E-state index contributed by atoms with van der Waals surface area (Å²) >= 11 is 0. The van der Waals surface area contributed by atoms with Crippen molar-refractivity contribution >= 4 is 11.7 Å². The second-order valence-electron chi connectivity index (χ2n) is 7.67. The second kappa shape index (κ2) is 7.95. The summed E-state index contributed by atoms with van der Waals surface area (Å²) in [6.45, 7) is 1.08. The van der Waals surface area contributed by atoms with Gasteiger partial charge in [0.25, 0.3) is 5.91 Å². The topological polar surface area (TPSA) is 65.1 Å². The first-order chi connectivity index (χ1) is 13.7. The Kier molecular flexibility index (Phi) is 5.40. The molecule has 1 aliphatic carbocycles. The van der Waals surface area contributed by atoms with Crippen molar-refractivity contribution in [3.8, 4) is 5.75 Å². The Morgan fingerprint density at radius 3 is 2.57 bits per heavy atom. The third-order valence-electron chi connectivity index (χ3n) is 6.04. The number of rotatable bonds is 6. The number of nitrogens with zero attached hydrogens (tertiary/aromatic N) is 1. The lowest BCUT2D eigenvalue weighted by Gasteiger charge is -2.35. The van der Waals surface area contributed by atoms with E-state index in [4.69, 9.17) is 14.2 Å². The molecule has 0 radical (unpaired) electrons. The lowest BCUT2D eigenvalue weighted by Crippen LogP contribution is -2.39. The van der Waals surface area contributed by atoms with Crippen molar-refractivity contribution in [2.45, 2.75) is 44.2 Å². The predicted molar refractivity (Wildman–Crippen MR) is 103 cm³/mol. The molecule has 3 unspecified atom stereocenters. The number of hydrogen-bond donors (Lipinski definition) is 0. The van der Waals surface area contributed by atoms with Gasteiger partial charge in [0.05, 0.1) is 24.6 Å². The zero-order chi connectivity index (χ0) is 19.7. The summed E-state index contributed by atoms with van der Waals surface area (Å²) in [4.78, 5) is 28.4. The largest absolute Gasteiger partial charge is 0.497 e. The number of carbonyl (C=O) groups is 2. The van der Waals surface area contributed by atoms with E-state index in [2.05, 4.69) is 0 Å². The number of ketones is 1. The maximum Gasteiger partial charge on any atom is 0.290 e. The van der Waals surface area contributed by atoms with E-state index in [-0.39, 0.29) is 29.5 Å². The molecule has 0 N–H and O–H groups in total. The molecule has 1 aromatic rings. The molecule has 0 saturated heterocycles. The number of benzene rings is 1. The first kappa shape index (κ1) is 19.0. The van der Waals surface area contributed by atoms with Crippen LogP contribution < -0.4 is 4.74 Å². The fraction of sp³-hybridized carbons (Fsp3) is 0.545. The summed E-state index contributed by atoms with van der Waals surface area (Å²) in [6.07, 6.45) is 4.32. The van der Waals surface area contributed by atoms with Crippen LogP contribution in [-0.2, 0) is 19.1 Å². The molecule has 1 saturated carbocycles. The van der Waals surface area contributed by atoms with Gasteiger partial charge >= 0.3 is 0 Å². The van der Waals surface area contributed by atoms with Crippen LogP contribution in [0.5, 0.6) is 5.75 Å². The van der Waals surface area contributed by atoms with Crippen LogP contribution in [0.3, 0.4) is 0 Å². The number of methoxy groups -OCH3 is 2. The lowest BCUT2D eigenvalue weighted by atomic mass is 9.77. The van der Waals surface area contributed by atoms with Gasteiger partial charge in [0.15, 0.2) is 11.5 Å². The fourth-order valence-corrected chi connectivity index (χ4v) is 4.64. The fourth-order valence-electron chi connectivity index (χ4n) is 4.64. The Balaban J connectivity index is 1.72. The molecule has 1 amide bonds. The predicted octanol–water partition coefficient (Wildman–Crippen LogP) is 3.03. The van der Waals surface area contributed by atoms with Crippen molar-refractivity contribution in [3.63, 3.8) is 0 Å². The highest BCUT2D eigenvalue weighted by atomic mass is 16.5. The van der Waals surface area contributed by atoms with Crippen molar-refractivity contribution in [1.29, 1.82) is 0 Å². The quantitative estimate of drug-likeness (QED) is 0.705.